The Morgan fingerprint density at radius 3 is 2.80 bits per heavy atom. The summed E-state index contributed by atoms with van der Waals surface area (Å²) in [5, 5.41) is 15.9. The molecule has 1 aromatic heterocycles. The second-order valence-electron chi connectivity index (χ2n) is 6.10. The van der Waals surface area contributed by atoms with E-state index in [-0.39, 0.29) is 17.6 Å². The van der Waals surface area contributed by atoms with Crippen molar-refractivity contribution < 1.29 is 14.3 Å². The summed E-state index contributed by atoms with van der Waals surface area (Å²) in [5.41, 5.74) is 1.07. The van der Waals surface area contributed by atoms with Gasteiger partial charge in [0, 0.05) is 9.77 Å². The van der Waals surface area contributed by atoms with E-state index >= 15 is 0 Å². The van der Waals surface area contributed by atoms with Crippen molar-refractivity contribution in [2.75, 3.05) is 5.32 Å². The third kappa shape index (κ3) is 4.46. The number of halogens is 2. The van der Waals surface area contributed by atoms with Crippen LogP contribution < -0.4 is 10.6 Å². The van der Waals surface area contributed by atoms with Gasteiger partial charge in [-0.1, -0.05) is 12.8 Å². The van der Waals surface area contributed by atoms with Gasteiger partial charge in [-0.3, -0.25) is 9.78 Å². The van der Waals surface area contributed by atoms with Crippen LogP contribution in [0.15, 0.2) is 36.7 Å². The van der Waals surface area contributed by atoms with Crippen molar-refractivity contribution in [1.29, 1.82) is 0 Å². The van der Waals surface area contributed by atoms with Crippen LogP contribution >= 0.6 is 22.6 Å². The molecule has 1 saturated carbocycles. The smallest absolute Gasteiger partial charge is 0.253 e. The Bertz CT molecular complexity index is 772. The molecule has 0 spiro atoms. The van der Waals surface area contributed by atoms with Crippen molar-refractivity contribution in [1.82, 2.24) is 10.3 Å². The molecule has 0 saturated heterocycles. The van der Waals surface area contributed by atoms with Crippen molar-refractivity contribution in [3.05, 3.63) is 51.6 Å². The number of aromatic nitrogens is 1. The van der Waals surface area contributed by atoms with E-state index in [1.165, 1.54) is 18.5 Å². The summed E-state index contributed by atoms with van der Waals surface area (Å²) < 4.78 is 14.9. The topological polar surface area (TPSA) is 74.2 Å². The molecule has 25 heavy (non-hydrogen) atoms. The molecule has 0 radical (unpaired) electrons. The van der Waals surface area contributed by atoms with E-state index in [0.29, 0.717) is 17.7 Å². The number of hydrogen-bond donors (Lipinski definition) is 3. The highest BCUT2D eigenvalue weighted by atomic mass is 127. The molecule has 1 amide bonds. The Balaban J connectivity index is 1.79. The number of hydrogen-bond acceptors (Lipinski definition) is 4. The molecule has 132 valence electrons. The van der Waals surface area contributed by atoms with Crippen molar-refractivity contribution in [3.8, 4) is 0 Å². The van der Waals surface area contributed by atoms with Crippen molar-refractivity contribution in [2.24, 2.45) is 0 Å². The van der Waals surface area contributed by atoms with E-state index < -0.39 is 11.9 Å². The van der Waals surface area contributed by atoms with Crippen molar-refractivity contribution in [2.45, 2.75) is 37.8 Å². The number of pyridine rings is 1. The summed E-state index contributed by atoms with van der Waals surface area (Å²) in [6, 6.07) is 6.14. The van der Waals surface area contributed by atoms with Gasteiger partial charge in [0.05, 0.1) is 35.3 Å². The van der Waals surface area contributed by atoms with E-state index in [4.69, 9.17) is 0 Å². The molecule has 7 heteroatoms. The zero-order valence-electron chi connectivity index (χ0n) is 13.5. The number of aliphatic hydroxyl groups is 1. The summed E-state index contributed by atoms with van der Waals surface area (Å²) in [5.74, 6) is -0.702. The lowest BCUT2D eigenvalue weighted by atomic mass is 9.92. The Hall–Kier alpha value is -1.74. The van der Waals surface area contributed by atoms with Gasteiger partial charge in [0.1, 0.15) is 5.82 Å². The summed E-state index contributed by atoms with van der Waals surface area (Å²) in [6.45, 7) is 0. The van der Waals surface area contributed by atoms with Crippen LogP contribution in [0.1, 0.15) is 36.0 Å². The monoisotopic (exact) mass is 455 g/mol. The van der Waals surface area contributed by atoms with Crippen molar-refractivity contribution >= 4 is 39.9 Å². The van der Waals surface area contributed by atoms with Crippen LogP contribution in [0.25, 0.3) is 0 Å². The van der Waals surface area contributed by atoms with Gasteiger partial charge in [-0.2, -0.15) is 0 Å². The fraction of sp³-hybridized carbons (Fsp3) is 0.333. The number of amides is 1. The largest absolute Gasteiger partial charge is 0.391 e. The molecule has 5 nitrogen and oxygen atoms in total. The minimum Gasteiger partial charge on any atom is -0.391 e. The molecule has 2 unspecified atom stereocenters. The highest BCUT2D eigenvalue weighted by Gasteiger charge is 2.25. The predicted octanol–water partition coefficient (Wildman–Crippen LogP) is 3.60. The first kappa shape index (κ1) is 18.1. The van der Waals surface area contributed by atoms with Gasteiger partial charge in [0.15, 0.2) is 0 Å². The first-order valence-corrected chi connectivity index (χ1v) is 9.27. The number of nitrogens with one attached hydrogen (secondary N) is 2. The zero-order valence-corrected chi connectivity index (χ0v) is 15.7. The molecule has 1 aromatic carbocycles. The maximum Gasteiger partial charge on any atom is 0.253 e. The Kier molecular flexibility index (Phi) is 5.85. The maximum absolute atomic E-state index is 14.1. The molecule has 0 aliphatic heterocycles. The lowest BCUT2D eigenvalue weighted by Gasteiger charge is -2.28. The van der Waals surface area contributed by atoms with E-state index in [2.05, 4.69) is 15.6 Å². The highest BCUT2D eigenvalue weighted by Crippen LogP contribution is 2.25. The molecule has 1 aliphatic rings. The Labute approximate surface area is 159 Å². The van der Waals surface area contributed by atoms with Gasteiger partial charge in [-0.25, -0.2) is 4.39 Å². The number of carbonyl (C=O) groups excluding carboxylic acids is 1. The summed E-state index contributed by atoms with van der Waals surface area (Å²) in [6.07, 6.45) is 5.89. The number of aliphatic hydroxyl groups excluding tert-OH is 1. The van der Waals surface area contributed by atoms with Gasteiger partial charge in [-0.05, 0) is 59.7 Å². The molecule has 1 heterocycles. The fourth-order valence-electron chi connectivity index (χ4n) is 2.95. The third-order valence-electron chi connectivity index (χ3n) is 4.31. The molecule has 3 rings (SSSR count). The normalized spacial score (nSPS) is 20.1. The number of nitrogens with zero attached hydrogens (tertiary/aromatic N) is 1. The van der Waals surface area contributed by atoms with Crippen LogP contribution in [0.5, 0.6) is 0 Å². The number of anilines is 2. The Morgan fingerprint density at radius 2 is 2.04 bits per heavy atom. The quantitative estimate of drug-likeness (QED) is 0.617. The van der Waals surface area contributed by atoms with Gasteiger partial charge < -0.3 is 15.7 Å². The van der Waals surface area contributed by atoms with Crippen LogP contribution in [0.4, 0.5) is 15.8 Å². The average molecular weight is 455 g/mol. The predicted molar refractivity (Wildman–Crippen MR) is 102 cm³/mol. The third-order valence-corrected chi connectivity index (χ3v) is 4.98. The van der Waals surface area contributed by atoms with E-state index in [1.807, 2.05) is 22.6 Å². The second kappa shape index (κ2) is 8.09. The van der Waals surface area contributed by atoms with Crippen LogP contribution in [0.2, 0.25) is 0 Å². The van der Waals surface area contributed by atoms with Crippen molar-refractivity contribution in [3.63, 3.8) is 0 Å². The summed E-state index contributed by atoms with van der Waals surface area (Å²) in [4.78, 5) is 16.6. The first-order valence-electron chi connectivity index (χ1n) is 8.19. The highest BCUT2D eigenvalue weighted by molar-refractivity contribution is 14.1. The standard InChI is InChI=1S/C18H19FIN3O2/c19-13-9-11(20)5-6-14(13)22-16-10-21-8-7-12(16)18(25)23-15-3-1-2-4-17(15)24/h5-10,15,17,22,24H,1-4H2,(H,23,25). The fourth-order valence-corrected chi connectivity index (χ4v) is 3.41. The molecule has 0 bridgehead atoms. The number of benzene rings is 1. The van der Waals surface area contributed by atoms with E-state index in [0.717, 1.165) is 22.8 Å². The first-order chi connectivity index (χ1) is 12.0. The van der Waals surface area contributed by atoms with Crippen LogP contribution in [-0.4, -0.2) is 28.1 Å². The van der Waals surface area contributed by atoms with Crippen LogP contribution in [0.3, 0.4) is 0 Å². The number of carbonyl (C=O) groups is 1. The molecular formula is C18H19FIN3O2. The van der Waals surface area contributed by atoms with Gasteiger partial charge >= 0.3 is 0 Å². The number of rotatable bonds is 4. The Morgan fingerprint density at radius 1 is 1.24 bits per heavy atom. The lowest BCUT2D eigenvalue weighted by Crippen LogP contribution is -2.45. The maximum atomic E-state index is 14.1. The van der Waals surface area contributed by atoms with Crippen LogP contribution in [-0.2, 0) is 0 Å². The lowest BCUT2D eigenvalue weighted by molar-refractivity contribution is 0.0718. The SMILES string of the molecule is O=C(NC1CCCCC1O)c1ccncc1Nc1ccc(I)cc1F. The molecule has 1 fully saturated rings. The van der Waals surface area contributed by atoms with Gasteiger partial charge in [-0.15, -0.1) is 0 Å². The summed E-state index contributed by atoms with van der Waals surface area (Å²) >= 11 is 2.04. The molecule has 2 aromatic rings. The molecular weight excluding hydrogens is 436 g/mol. The zero-order chi connectivity index (χ0) is 17.8. The molecule has 3 N–H and O–H groups in total. The van der Waals surface area contributed by atoms with Gasteiger partial charge in [0.2, 0.25) is 0 Å². The average Bonchev–Trinajstić information content (AvgIpc) is 2.60. The van der Waals surface area contributed by atoms with Gasteiger partial charge in [0.25, 0.3) is 5.91 Å². The molecule has 2 atom stereocenters. The summed E-state index contributed by atoms with van der Waals surface area (Å²) in [7, 11) is 0. The van der Waals surface area contributed by atoms with Crippen LogP contribution in [0, 0.1) is 9.39 Å². The van der Waals surface area contributed by atoms with E-state index in [9.17, 15) is 14.3 Å². The minimum absolute atomic E-state index is 0.252. The molecule has 1 aliphatic carbocycles. The minimum atomic E-state index is -0.524. The second-order valence-corrected chi connectivity index (χ2v) is 7.35. The van der Waals surface area contributed by atoms with E-state index in [1.54, 1.807) is 18.2 Å².